The second kappa shape index (κ2) is 9.18. The largest absolute Gasteiger partial charge is 0.338 e. The molecule has 0 radical (unpaired) electrons. The molecule has 20 heavy (non-hydrogen) atoms. The van der Waals surface area contributed by atoms with E-state index in [1.165, 1.54) is 0 Å². The molecule has 5 nitrogen and oxygen atoms in total. The smallest absolute Gasteiger partial charge is 0.315 e. The SMILES string of the molecule is CCCCNC(=O)NCc1ccc(CCCC)[nH]c1=O. The Bertz CT molecular complexity index is 468. The Balaban J connectivity index is 2.44. The number of carbonyl (C=O) groups excluding carboxylic acids is 1. The van der Waals surface area contributed by atoms with Gasteiger partial charge in [-0.2, -0.15) is 0 Å². The summed E-state index contributed by atoms with van der Waals surface area (Å²) >= 11 is 0. The van der Waals surface area contributed by atoms with Gasteiger partial charge >= 0.3 is 6.03 Å². The third-order valence-electron chi connectivity index (χ3n) is 3.11. The number of pyridine rings is 1. The summed E-state index contributed by atoms with van der Waals surface area (Å²) in [4.78, 5) is 26.2. The third kappa shape index (κ3) is 5.91. The topological polar surface area (TPSA) is 74.0 Å². The van der Waals surface area contributed by atoms with Gasteiger partial charge < -0.3 is 15.6 Å². The highest BCUT2D eigenvalue weighted by Crippen LogP contribution is 2.01. The van der Waals surface area contributed by atoms with Gasteiger partial charge in [-0.3, -0.25) is 4.79 Å². The Hall–Kier alpha value is -1.78. The summed E-state index contributed by atoms with van der Waals surface area (Å²) in [5.74, 6) is 0. The number of nitrogens with one attached hydrogen (secondary N) is 3. The van der Waals surface area contributed by atoms with Crippen molar-refractivity contribution in [3.8, 4) is 0 Å². The summed E-state index contributed by atoms with van der Waals surface area (Å²) in [5.41, 5.74) is 1.41. The lowest BCUT2D eigenvalue weighted by Crippen LogP contribution is -2.36. The first kappa shape index (κ1) is 16.3. The zero-order valence-electron chi connectivity index (χ0n) is 12.4. The first-order valence-electron chi connectivity index (χ1n) is 7.40. The number of aryl methyl sites for hydroxylation is 1. The summed E-state index contributed by atoms with van der Waals surface area (Å²) in [6, 6.07) is 3.48. The zero-order valence-corrected chi connectivity index (χ0v) is 12.4. The van der Waals surface area contributed by atoms with Crippen molar-refractivity contribution < 1.29 is 4.79 Å². The van der Waals surface area contributed by atoms with Crippen LogP contribution in [0.4, 0.5) is 4.79 Å². The van der Waals surface area contributed by atoms with Crippen LogP contribution in [-0.2, 0) is 13.0 Å². The molecule has 0 saturated heterocycles. The van der Waals surface area contributed by atoms with E-state index >= 15 is 0 Å². The maximum Gasteiger partial charge on any atom is 0.315 e. The number of hydrogen-bond donors (Lipinski definition) is 3. The fraction of sp³-hybridized carbons (Fsp3) is 0.600. The van der Waals surface area contributed by atoms with Gasteiger partial charge in [0, 0.05) is 24.3 Å². The van der Waals surface area contributed by atoms with Gasteiger partial charge in [-0.1, -0.05) is 32.8 Å². The number of hydrogen-bond acceptors (Lipinski definition) is 2. The van der Waals surface area contributed by atoms with Gasteiger partial charge in [0.15, 0.2) is 0 Å². The molecular formula is C15H25N3O2. The number of unbranched alkanes of at least 4 members (excludes halogenated alkanes) is 2. The van der Waals surface area contributed by atoms with Crippen molar-refractivity contribution in [1.29, 1.82) is 0 Å². The van der Waals surface area contributed by atoms with E-state index < -0.39 is 0 Å². The second-order valence-electron chi connectivity index (χ2n) is 4.90. The number of aromatic nitrogens is 1. The zero-order chi connectivity index (χ0) is 14.8. The van der Waals surface area contributed by atoms with Crippen LogP contribution < -0.4 is 16.2 Å². The van der Waals surface area contributed by atoms with Crippen LogP contribution in [0.15, 0.2) is 16.9 Å². The number of carbonyl (C=O) groups is 1. The van der Waals surface area contributed by atoms with Crippen molar-refractivity contribution in [3.63, 3.8) is 0 Å². The molecule has 0 atom stereocenters. The van der Waals surface area contributed by atoms with Crippen LogP contribution in [0, 0.1) is 0 Å². The average molecular weight is 279 g/mol. The van der Waals surface area contributed by atoms with Crippen molar-refractivity contribution in [2.75, 3.05) is 6.54 Å². The molecule has 1 heterocycles. The molecule has 0 aromatic carbocycles. The van der Waals surface area contributed by atoms with E-state index in [9.17, 15) is 9.59 Å². The molecule has 0 aliphatic rings. The van der Waals surface area contributed by atoms with Crippen LogP contribution in [0.5, 0.6) is 0 Å². The Morgan fingerprint density at radius 3 is 2.55 bits per heavy atom. The van der Waals surface area contributed by atoms with Gasteiger partial charge in [0.2, 0.25) is 0 Å². The van der Waals surface area contributed by atoms with E-state index in [1.807, 2.05) is 6.07 Å². The molecule has 0 aliphatic carbocycles. The minimum absolute atomic E-state index is 0.118. The molecule has 112 valence electrons. The predicted octanol–water partition coefficient (Wildman–Crippen LogP) is 2.32. The monoisotopic (exact) mass is 279 g/mol. The molecule has 0 fully saturated rings. The maximum atomic E-state index is 11.8. The summed E-state index contributed by atoms with van der Waals surface area (Å²) in [7, 11) is 0. The lowest BCUT2D eigenvalue weighted by atomic mass is 10.1. The quantitative estimate of drug-likeness (QED) is 0.639. The number of H-pyrrole nitrogens is 1. The van der Waals surface area contributed by atoms with Gasteiger partial charge in [-0.05, 0) is 25.3 Å². The van der Waals surface area contributed by atoms with Gasteiger partial charge in [-0.25, -0.2) is 4.79 Å². The highest BCUT2D eigenvalue weighted by atomic mass is 16.2. The Morgan fingerprint density at radius 2 is 1.90 bits per heavy atom. The van der Waals surface area contributed by atoms with Gasteiger partial charge in [0.05, 0.1) is 0 Å². The van der Waals surface area contributed by atoms with Crippen molar-refractivity contribution in [1.82, 2.24) is 15.6 Å². The Kier molecular flexibility index (Phi) is 7.47. The number of urea groups is 1. The molecule has 0 aliphatic heterocycles. The normalized spacial score (nSPS) is 10.3. The molecule has 1 aromatic rings. The van der Waals surface area contributed by atoms with Crippen molar-refractivity contribution in [2.24, 2.45) is 0 Å². The highest BCUT2D eigenvalue weighted by molar-refractivity contribution is 5.73. The fourth-order valence-electron chi connectivity index (χ4n) is 1.81. The second-order valence-corrected chi connectivity index (χ2v) is 4.90. The maximum absolute atomic E-state index is 11.8. The molecule has 0 bridgehead atoms. The lowest BCUT2D eigenvalue weighted by molar-refractivity contribution is 0.240. The van der Waals surface area contributed by atoms with Crippen LogP contribution in [0.25, 0.3) is 0 Å². The van der Waals surface area contributed by atoms with E-state index in [1.54, 1.807) is 6.07 Å². The van der Waals surface area contributed by atoms with Crippen LogP contribution in [0.1, 0.15) is 50.8 Å². The van der Waals surface area contributed by atoms with Gasteiger partial charge in [-0.15, -0.1) is 0 Å². The standard InChI is InChI=1S/C15H25N3O2/c1-3-5-7-13-9-8-12(14(19)18-13)11-17-15(20)16-10-6-4-2/h8-9H,3-7,10-11H2,1-2H3,(H,18,19)(H2,16,17,20). The number of rotatable bonds is 8. The van der Waals surface area contributed by atoms with Crippen LogP contribution in [-0.4, -0.2) is 17.6 Å². The summed E-state index contributed by atoms with van der Waals surface area (Å²) in [5, 5.41) is 5.44. The summed E-state index contributed by atoms with van der Waals surface area (Å²) in [6.07, 6.45) is 5.05. The average Bonchev–Trinajstić information content (AvgIpc) is 2.44. The minimum atomic E-state index is -0.229. The van der Waals surface area contributed by atoms with E-state index in [0.717, 1.165) is 37.8 Å². The van der Waals surface area contributed by atoms with E-state index in [2.05, 4.69) is 29.5 Å². The van der Waals surface area contributed by atoms with E-state index in [0.29, 0.717) is 12.1 Å². The minimum Gasteiger partial charge on any atom is -0.338 e. The van der Waals surface area contributed by atoms with Crippen molar-refractivity contribution >= 4 is 6.03 Å². The third-order valence-corrected chi connectivity index (χ3v) is 3.11. The summed E-state index contributed by atoms with van der Waals surface area (Å²) < 4.78 is 0. The van der Waals surface area contributed by atoms with Crippen LogP contribution >= 0.6 is 0 Å². The molecule has 0 unspecified atom stereocenters. The number of aromatic amines is 1. The fourth-order valence-corrected chi connectivity index (χ4v) is 1.81. The first-order valence-corrected chi connectivity index (χ1v) is 7.40. The molecule has 1 rings (SSSR count). The molecule has 1 aromatic heterocycles. The molecule has 0 saturated carbocycles. The van der Waals surface area contributed by atoms with Crippen molar-refractivity contribution in [2.45, 2.75) is 52.5 Å². The number of amides is 2. The Labute approximate surface area is 120 Å². The summed E-state index contributed by atoms with van der Waals surface area (Å²) in [6.45, 7) is 5.10. The predicted molar refractivity (Wildman–Crippen MR) is 80.8 cm³/mol. The first-order chi connectivity index (χ1) is 9.67. The van der Waals surface area contributed by atoms with E-state index in [4.69, 9.17) is 0 Å². The van der Waals surface area contributed by atoms with Crippen LogP contribution in [0.2, 0.25) is 0 Å². The lowest BCUT2D eigenvalue weighted by Gasteiger charge is -2.07. The van der Waals surface area contributed by atoms with Gasteiger partial charge in [0.25, 0.3) is 5.56 Å². The molecule has 5 heteroatoms. The van der Waals surface area contributed by atoms with Crippen molar-refractivity contribution in [3.05, 3.63) is 33.7 Å². The van der Waals surface area contributed by atoms with Gasteiger partial charge in [0.1, 0.15) is 0 Å². The molecule has 3 N–H and O–H groups in total. The molecular weight excluding hydrogens is 254 g/mol. The highest BCUT2D eigenvalue weighted by Gasteiger charge is 2.04. The molecule has 0 spiro atoms. The van der Waals surface area contributed by atoms with Crippen LogP contribution in [0.3, 0.4) is 0 Å². The Morgan fingerprint density at radius 1 is 1.15 bits per heavy atom. The molecule has 2 amide bonds. The van der Waals surface area contributed by atoms with E-state index in [-0.39, 0.29) is 18.1 Å².